The largest absolute Gasteiger partial charge is 0.497 e. The van der Waals surface area contributed by atoms with Gasteiger partial charge in [-0.25, -0.2) is 0 Å². The van der Waals surface area contributed by atoms with Gasteiger partial charge in [0.2, 0.25) is 0 Å². The van der Waals surface area contributed by atoms with Crippen molar-refractivity contribution in [2.75, 3.05) is 7.11 Å². The molecule has 0 unspecified atom stereocenters. The normalized spacial score (nSPS) is 27.1. The average molecular weight is 192 g/mol. The van der Waals surface area contributed by atoms with Gasteiger partial charge in [0.25, 0.3) is 0 Å². The Morgan fingerprint density at radius 3 is 2.86 bits per heavy atom. The molecule has 1 aromatic carbocycles. The van der Waals surface area contributed by atoms with E-state index in [1.165, 1.54) is 5.56 Å². The van der Waals surface area contributed by atoms with E-state index in [0.29, 0.717) is 11.8 Å². The smallest absolute Gasteiger partial charge is 0.119 e. The maximum absolute atomic E-state index is 9.42. The van der Waals surface area contributed by atoms with E-state index in [-0.39, 0.29) is 6.10 Å². The first-order valence-electron chi connectivity index (χ1n) is 5.04. The van der Waals surface area contributed by atoms with Crippen molar-refractivity contribution in [1.29, 1.82) is 0 Å². The minimum Gasteiger partial charge on any atom is -0.497 e. The molecular weight excluding hydrogens is 176 g/mol. The van der Waals surface area contributed by atoms with Crippen LogP contribution in [0.3, 0.4) is 0 Å². The number of hydrogen-bond acceptors (Lipinski definition) is 2. The number of benzene rings is 1. The van der Waals surface area contributed by atoms with Crippen LogP contribution in [0.15, 0.2) is 24.3 Å². The lowest BCUT2D eigenvalue weighted by molar-refractivity contribution is 0.169. The molecule has 0 radical (unpaired) electrons. The Kier molecular flexibility index (Phi) is 2.46. The Hall–Kier alpha value is -1.02. The SMILES string of the molecule is COc1cccc([C@@H]2C[C@@H]2[C@H](C)O)c1. The zero-order valence-corrected chi connectivity index (χ0v) is 8.60. The van der Waals surface area contributed by atoms with E-state index in [9.17, 15) is 5.11 Å². The van der Waals surface area contributed by atoms with Gasteiger partial charge < -0.3 is 9.84 Å². The molecule has 0 spiro atoms. The molecule has 2 rings (SSSR count). The second-order valence-electron chi connectivity index (χ2n) is 4.02. The number of methoxy groups -OCH3 is 1. The molecule has 0 amide bonds. The van der Waals surface area contributed by atoms with Crippen LogP contribution in [0.2, 0.25) is 0 Å². The van der Waals surface area contributed by atoms with E-state index in [0.717, 1.165) is 12.2 Å². The summed E-state index contributed by atoms with van der Waals surface area (Å²) < 4.78 is 5.17. The summed E-state index contributed by atoms with van der Waals surface area (Å²) in [5, 5.41) is 9.42. The summed E-state index contributed by atoms with van der Waals surface area (Å²) in [6.07, 6.45) is 0.913. The lowest BCUT2D eigenvalue weighted by atomic mass is 10.1. The van der Waals surface area contributed by atoms with E-state index < -0.39 is 0 Å². The van der Waals surface area contributed by atoms with Gasteiger partial charge in [0.1, 0.15) is 5.75 Å². The van der Waals surface area contributed by atoms with Crippen molar-refractivity contribution in [3.8, 4) is 5.75 Å². The second-order valence-corrected chi connectivity index (χ2v) is 4.02. The molecular formula is C12H16O2. The molecule has 0 bridgehead atoms. The monoisotopic (exact) mass is 192 g/mol. The van der Waals surface area contributed by atoms with E-state index in [1.807, 2.05) is 19.1 Å². The van der Waals surface area contributed by atoms with Gasteiger partial charge in [-0.1, -0.05) is 12.1 Å². The number of rotatable bonds is 3. The van der Waals surface area contributed by atoms with Gasteiger partial charge >= 0.3 is 0 Å². The Labute approximate surface area is 84.5 Å². The highest BCUT2D eigenvalue weighted by Crippen LogP contribution is 2.49. The summed E-state index contributed by atoms with van der Waals surface area (Å²) in [5.41, 5.74) is 1.29. The number of aliphatic hydroxyl groups is 1. The molecule has 0 aromatic heterocycles. The van der Waals surface area contributed by atoms with Crippen LogP contribution in [0.5, 0.6) is 5.75 Å². The summed E-state index contributed by atoms with van der Waals surface area (Å²) in [4.78, 5) is 0. The fourth-order valence-corrected chi connectivity index (χ4v) is 2.00. The first kappa shape index (κ1) is 9.53. The summed E-state index contributed by atoms with van der Waals surface area (Å²) >= 11 is 0. The van der Waals surface area contributed by atoms with Crippen molar-refractivity contribution in [3.05, 3.63) is 29.8 Å². The third kappa shape index (κ3) is 1.75. The highest BCUT2D eigenvalue weighted by atomic mass is 16.5. The molecule has 1 aliphatic carbocycles. The highest BCUT2D eigenvalue weighted by Gasteiger charge is 2.41. The Bertz CT molecular complexity index is 320. The van der Waals surface area contributed by atoms with Gasteiger partial charge in [0, 0.05) is 0 Å². The Morgan fingerprint density at radius 1 is 1.50 bits per heavy atom. The maximum atomic E-state index is 9.42. The molecule has 2 nitrogen and oxygen atoms in total. The number of aliphatic hydroxyl groups excluding tert-OH is 1. The van der Waals surface area contributed by atoms with E-state index in [4.69, 9.17) is 4.74 Å². The topological polar surface area (TPSA) is 29.5 Å². The maximum Gasteiger partial charge on any atom is 0.119 e. The fraction of sp³-hybridized carbons (Fsp3) is 0.500. The minimum atomic E-state index is -0.189. The number of ether oxygens (including phenoxy) is 1. The number of hydrogen-bond donors (Lipinski definition) is 1. The highest BCUT2D eigenvalue weighted by molar-refractivity contribution is 5.34. The van der Waals surface area contributed by atoms with E-state index >= 15 is 0 Å². The fourth-order valence-electron chi connectivity index (χ4n) is 2.00. The van der Waals surface area contributed by atoms with Crippen LogP contribution in [0, 0.1) is 5.92 Å². The Morgan fingerprint density at radius 2 is 2.29 bits per heavy atom. The summed E-state index contributed by atoms with van der Waals surface area (Å²) in [6.45, 7) is 1.87. The minimum absolute atomic E-state index is 0.189. The molecule has 1 saturated carbocycles. The van der Waals surface area contributed by atoms with Crippen LogP contribution in [0.25, 0.3) is 0 Å². The quantitative estimate of drug-likeness (QED) is 0.795. The van der Waals surface area contributed by atoms with Crippen molar-refractivity contribution in [3.63, 3.8) is 0 Å². The van der Waals surface area contributed by atoms with Crippen molar-refractivity contribution >= 4 is 0 Å². The van der Waals surface area contributed by atoms with Crippen LogP contribution in [-0.2, 0) is 0 Å². The van der Waals surface area contributed by atoms with Crippen molar-refractivity contribution < 1.29 is 9.84 Å². The third-order valence-electron chi connectivity index (χ3n) is 2.98. The van der Waals surface area contributed by atoms with Crippen LogP contribution >= 0.6 is 0 Å². The predicted molar refractivity (Wildman–Crippen MR) is 55.5 cm³/mol. The standard InChI is InChI=1S/C12H16O2/c1-8(13)11-7-12(11)9-4-3-5-10(6-9)14-2/h3-6,8,11-13H,7H2,1-2H3/t8-,11+,12-/m0/s1. The molecule has 1 aliphatic rings. The first-order chi connectivity index (χ1) is 6.72. The lowest BCUT2D eigenvalue weighted by Crippen LogP contribution is -2.03. The summed E-state index contributed by atoms with van der Waals surface area (Å²) in [7, 11) is 1.68. The third-order valence-corrected chi connectivity index (χ3v) is 2.98. The van der Waals surface area contributed by atoms with Crippen molar-refractivity contribution in [2.45, 2.75) is 25.4 Å². The zero-order valence-electron chi connectivity index (χ0n) is 8.60. The van der Waals surface area contributed by atoms with Crippen LogP contribution in [0.1, 0.15) is 24.8 Å². The molecule has 1 N–H and O–H groups in total. The van der Waals surface area contributed by atoms with Crippen molar-refractivity contribution in [1.82, 2.24) is 0 Å². The molecule has 14 heavy (non-hydrogen) atoms. The molecule has 1 aromatic rings. The van der Waals surface area contributed by atoms with Gasteiger partial charge in [-0.05, 0) is 42.9 Å². The van der Waals surface area contributed by atoms with Gasteiger partial charge in [-0.2, -0.15) is 0 Å². The summed E-state index contributed by atoms with van der Waals surface area (Å²) in [5.74, 6) is 1.88. The molecule has 1 fully saturated rings. The average Bonchev–Trinajstić information content (AvgIpc) is 2.97. The van der Waals surface area contributed by atoms with Crippen molar-refractivity contribution in [2.24, 2.45) is 5.92 Å². The predicted octanol–water partition coefficient (Wildman–Crippen LogP) is 2.18. The van der Waals surface area contributed by atoms with Crippen LogP contribution < -0.4 is 4.74 Å². The van der Waals surface area contributed by atoms with E-state index in [1.54, 1.807) is 7.11 Å². The van der Waals surface area contributed by atoms with Gasteiger partial charge in [-0.15, -0.1) is 0 Å². The summed E-state index contributed by atoms with van der Waals surface area (Å²) in [6, 6.07) is 8.12. The van der Waals surface area contributed by atoms with Crippen LogP contribution in [-0.4, -0.2) is 18.3 Å². The van der Waals surface area contributed by atoms with Gasteiger partial charge in [-0.3, -0.25) is 0 Å². The van der Waals surface area contributed by atoms with Gasteiger partial charge in [0.15, 0.2) is 0 Å². The second kappa shape index (κ2) is 3.62. The molecule has 76 valence electrons. The lowest BCUT2D eigenvalue weighted by Gasteiger charge is -2.05. The van der Waals surface area contributed by atoms with E-state index in [2.05, 4.69) is 12.1 Å². The molecule has 3 atom stereocenters. The van der Waals surface area contributed by atoms with Crippen LogP contribution in [0.4, 0.5) is 0 Å². The molecule has 2 heteroatoms. The molecule has 0 saturated heterocycles. The first-order valence-corrected chi connectivity index (χ1v) is 5.04. The Balaban J connectivity index is 2.11. The molecule has 0 aliphatic heterocycles. The van der Waals surface area contributed by atoms with Gasteiger partial charge in [0.05, 0.1) is 13.2 Å². The molecule has 0 heterocycles. The zero-order chi connectivity index (χ0) is 10.1.